The number of amides is 1. The van der Waals surface area contributed by atoms with Crippen molar-refractivity contribution in [1.82, 2.24) is 9.78 Å². The summed E-state index contributed by atoms with van der Waals surface area (Å²) in [7, 11) is 0. The van der Waals surface area contributed by atoms with E-state index in [9.17, 15) is 19.1 Å². The maximum absolute atomic E-state index is 13.3. The Morgan fingerprint density at radius 3 is 2.48 bits per heavy atom. The molecule has 1 aromatic heterocycles. The zero-order valence-electron chi connectivity index (χ0n) is 15.4. The number of nitrogens with zero attached hydrogens (tertiary/aromatic N) is 2. The average molecular weight is 392 g/mol. The van der Waals surface area contributed by atoms with Gasteiger partial charge in [-0.25, -0.2) is 13.9 Å². The minimum absolute atomic E-state index is 0.0864. The first-order chi connectivity index (χ1) is 13.9. The van der Waals surface area contributed by atoms with Crippen LogP contribution in [-0.4, -0.2) is 26.8 Å². The van der Waals surface area contributed by atoms with E-state index in [0.717, 1.165) is 5.56 Å². The lowest BCUT2D eigenvalue weighted by atomic mass is 10.0. The largest absolute Gasteiger partial charge is 0.477 e. The molecule has 0 aliphatic carbocycles. The lowest BCUT2D eigenvalue weighted by molar-refractivity contribution is -0.132. The normalized spacial score (nSPS) is 15.1. The molecule has 146 valence electrons. The average Bonchev–Trinajstić information content (AvgIpc) is 3.14. The first kappa shape index (κ1) is 18.4. The Morgan fingerprint density at radius 2 is 1.83 bits per heavy atom. The van der Waals surface area contributed by atoms with Crippen molar-refractivity contribution in [2.45, 2.75) is 13.0 Å². The maximum Gasteiger partial charge on any atom is 0.352 e. The second-order valence-electron chi connectivity index (χ2n) is 6.68. The minimum atomic E-state index is -1.17. The van der Waals surface area contributed by atoms with E-state index in [0.29, 0.717) is 11.3 Å². The number of aryl methyl sites for hydroxylation is 1. The van der Waals surface area contributed by atoms with Crippen LogP contribution >= 0.6 is 0 Å². The van der Waals surface area contributed by atoms with Gasteiger partial charge in [0.15, 0.2) is 0 Å². The fourth-order valence-corrected chi connectivity index (χ4v) is 3.12. The van der Waals surface area contributed by atoms with Crippen LogP contribution in [0.1, 0.15) is 27.5 Å². The van der Waals surface area contributed by atoms with Crippen LogP contribution in [0.25, 0.3) is 0 Å². The summed E-state index contributed by atoms with van der Waals surface area (Å²) in [6, 6.07) is 12.4. The molecular weight excluding hydrogens is 375 g/mol. The van der Waals surface area contributed by atoms with Gasteiger partial charge in [-0.2, -0.15) is 5.10 Å². The van der Waals surface area contributed by atoms with Crippen LogP contribution in [-0.2, 0) is 4.79 Å². The van der Waals surface area contributed by atoms with Gasteiger partial charge in [-0.05, 0) is 42.8 Å². The minimum Gasteiger partial charge on any atom is -0.477 e. The highest BCUT2D eigenvalue weighted by Gasteiger charge is 2.29. The number of carbonyl (C=O) groups excluding carboxylic acids is 1. The fraction of sp³-hybridized carbons (Fsp3) is 0.0952. The van der Waals surface area contributed by atoms with Crippen molar-refractivity contribution in [3.8, 4) is 0 Å². The van der Waals surface area contributed by atoms with Crippen LogP contribution in [0.4, 0.5) is 15.9 Å². The number of anilines is 2. The Morgan fingerprint density at radius 1 is 1.14 bits per heavy atom. The van der Waals surface area contributed by atoms with Gasteiger partial charge in [0.1, 0.15) is 22.9 Å². The zero-order chi connectivity index (χ0) is 20.5. The molecule has 1 aliphatic rings. The van der Waals surface area contributed by atoms with E-state index >= 15 is 0 Å². The second kappa shape index (κ2) is 7.23. The molecule has 2 heterocycles. The highest BCUT2D eigenvalue weighted by molar-refractivity contribution is 6.08. The monoisotopic (exact) mass is 392 g/mol. The molecule has 8 heteroatoms. The molecule has 0 radical (unpaired) electrons. The van der Waals surface area contributed by atoms with Crippen LogP contribution in [0.15, 0.2) is 66.5 Å². The molecule has 1 unspecified atom stereocenters. The van der Waals surface area contributed by atoms with Crippen molar-refractivity contribution in [1.29, 1.82) is 0 Å². The molecule has 0 spiro atoms. The third-order valence-corrected chi connectivity index (χ3v) is 4.63. The van der Waals surface area contributed by atoms with Gasteiger partial charge in [-0.15, -0.1) is 0 Å². The molecule has 0 fully saturated rings. The molecule has 29 heavy (non-hydrogen) atoms. The molecule has 0 bridgehead atoms. The molecule has 1 atom stereocenters. The van der Waals surface area contributed by atoms with Crippen LogP contribution in [0.2, 0.25) is 0 Å². The van der Waals surface area contributed by atoms with Crippen molar-refractivity contribution in [3.63, 3.8) is 0 Å². The third-order valence-electron chi connectivity index (χ3n) is 4.63. The summed E-state index contributed by atoms with van der Waals surface area (Å²) in [5.41, 5.74) is 2.43. The number of hydrogen-bond acceptors (Lipinski definition) is 4. The Bertz CT molecular complexity index is 1120. The summed E-state index contributed by atoms with van der Waals surface area (Å²) in [6.07, 6.45) is 2.85. The molecule has 1 amide bonds. The number of aromatic nitrogens is 2. The Labute approximate surface area is 165 Å². The van der Waals surface area contributed by atoms with Gasteiger partial charge in [0, 0.05) is 5.69 Å². The Kier molecular flexibility index (Phi) is 4.59. The van der Waals surface area contributed by atoms with Crippen molar-refractivity contribution in [2.24, 2.45) is 0 Å². The molecule has 3 aromatic rings. The second-order valence-corrected chi connectivity index (χ2v) is 6.68. The standard InChI is InChI=1S/C21H17FN4O3/c1-12-2-8-15(9-3-12)24-20(27)16-11-23-26-18(13-4-6-14(22)7-5-13)10-17(21(28)29)25-19(16)26/h2-11,18,25H,1H3,(H,24,27)(H,28,29). The van der Waals surface area contributed by atoms with Crippen molar-refractivity contribution < 1.29 is 19.1 Å². The highest BCUT2D eigenvalue weighted by atomic mass is 19.1. The number of carboxylic acid groups (broad SMARTS) is 1. The quantitative estimate of drug-likeness (QED) is 0.631. The predicted octanol–water partition coefficient (Wildman–Crippen LogP) is 3.57. The number of nitrogens with one attached hydrogen (secondary N) is 2. The van der Waals surface area contributed by atoms with Crippen molar-refractivity contribution in [3.05, 3.63) is 89.0 Å². The van der Waals surface area contributed by atoms with E-state index in [2.05, 4.69) is 15.7 Å². The summed E-state index contributed by atoms with van der Waals surface area (Å²) in [5.74, 6) is -1.74. The molecule has 7 nitrogen and oxygen atoms in total. The van der Waals surface area contributed by atoms with Gasteiger partial charge in [0.05, 0.1) is 12.2 Å². The predicted molar refractivity (Wildman–Crippen MR) is 105 cm³/mol. The number of allylic oxidation sites excluding steroid dienone is 1. The van der Waals surface area contributed by atoms with Crippen molar-refractivity contribution >= 4 is 23.4 Å². The van der Waals surface area contributed by atoms with Gasteiger partial charge >= 0.3 is 5.97 Å². The van der Waals surface area contributed by atoms with Gasteiger partial charge in [-0.1, -0.05) is 29.8 Å². The number of fused-ring (bicyclic) bond motifs is 1. The number of halogens is 1. The molecule has 3 N–H and O–H groups in total. The molecule has 0 saturated carbocycles. The van der Waals surface area contributed by atoms with Crippen LogP contribution in [0.3, 0.4) is 0 Å². The summed E-state index contributed by atoms with van der Waals surface area (Å²) >= 11 is 0. The van der Waals surface area contributed by atoms with Gasteiger partial charge in [-0.3, -0.25) is 4.79 Å². The lowest BCUT2D eigenvalue weighted by Gasteiger charge is -2.24. The van der Waals surface area contributed by atoms with Gasteiger partial charge in [0.25, 0.3) is 5.91 Å². The van der Waals surface area contributed by atoms with Crippen LogP contribution < -0.4 is 10.6 Å². The number of carbonyl (C=O) groups is 2. The fourth-order valence-electron chi connectivity index (χ4n) is 3.12. The van der Waals surface area contributed by atoms with E-state index in [1.807, 2.05) is 19.1 Å². The van der Waals surface area contributed by atoms with Gasteiger partial charge in [0.2, 0.25) is 0 Å². The number of hydrogen-bond donors (Lipinski definition) is 3. The first-order valence-corrected chi connectivity index (χ1v) is 8.85. The van der Waals surface area contributed by atoms with E-state index < -0.39 is 23.7 Å². The molecule has 0 saturated heterocycles. The number of rotatable bonds is 4. The molecule has 1 aliphatic heterocycles. The molecule has 2 aromatic carbocycles. The van der Waals surface area contributed by atoms with Crippen molar-refractivity contribution in [2.75, 3.05) is 10.6 Å². The van der Waals surface area contributed by atoms with E-state index in [-0.39, 0.29) is 17.1 Å². The van der Waals surface area contributed by atoms with Gasteiger partial charge < -0.3 is 15.7 Å². The summed E-state index contributed by atoms with van der Waals surface area (Å²) in [4.78, 5) is 24.4. The highest BCUT2D eigenvalue weighted by Crippen LogP contribution is 2.32. The first-order valence-electron chi connectivity index (χ1n) is 8.85. The summed E-state index contributed by atoms with van der Waals surface area (Å²) in [5, 5.41) is 19.3. The van der Waals surface area contributed by atoms with Crippen LogP contribution in [0, 0.1) is 12.7 Å². The SMILES string of the molecule is Cc1ccc(NC(=O)c2cnn3c2NC(C(=O)O)=CC3c2ccc(F)cc2)cc1. The Hall–Kier alpha value is -3.94. The molecule has 4 rings (SSSR count). The van der Waals surface area contributed by atoms with E-state index in [4.69, 9.17) is 0 Å². The number of aliphatic carboxylic acids is 1. The third kappa shape index (κ3) is 3.60. The Balaban J connectivity index is 1.70. The maximum atomic E-state index is 13.3. The van der Waals surface area contributed by atoms with E-state index in [1.54, 1.807) is 24.3 Å². The smallest absolute Gasteiger partial charge is 0.352 e. The topological polar surface area (TPSA) is 96.3 Å². The number of benzene rings is 2. The molecular formula is C21H17FN4O3. The lowest BCUT2D eigenvalue weighted by Crippen LogP contribution is -2.25. The summed E-state index contributed by atoms with van der Waals surface area (Å²) in [6.45, 7) is 1.94. The van der Waals surface area contributed by atoms with Crippen LogP contribution in [0.5, 0.6) is 0 Å². The summed E-state index contributed by atoms with van der Waals surface area (Å²) < 4.78 is 14.8. The van der Waals surface area contributed by atoms with E-state index in [1.165, 1.54) is 29.1 Å². The zero-order valence-corrected chi connectivity index (χ0v) is 15.4. The number of carboxylic acids is 1.